The van der Waals surface area contributed by atoms with Gasteiger partial charge in [-0.25, -0.2) is 4.79 Å². The minimum atomic E-state index is -0.341. The molecule has 0 amide bonds. The first kappa shape index (κ1) is 14.4. The highest BCUT2D eigenvalue weighted by Crippen LogP contribution is 2.27. The van der Waals surface area contributed by atoms with Gasteiger partial charge in [0.25, 0.3) is 0 Å². The summed E-state index contributed by atoms with van der Waals surface area (Å²) in [5, 5.41) is 0. The fourth-order valence-corrected chi connectivity index (χ4v) is 2.22. The largest absolute Gasteiger partial charge is 0.481 e. The van der Waals surface area contributed by atoms with Crippen LogP contribution in [0.25, 0.3) is 0 Å². The molecule has 1 aliphatic heterocycles. The summed E-state index contributed by atoms with van der Waals surface area (Å²) in [5.41, 5.74) is 0. The van der Waals surface area contributed by atoms with Crippen molar-refractivity contribution in [3.63, 3.8) is 0 Å². The highest BCUT2D eigenvalue weighted by atomic mass is 16.5. The van der Waals surface area contributed by atoms with E-state index in [1.165, 1.54) is 14.2 Å². The highest BCUT2D eigenvalue weighted by Gasteiger charge is 2.34. The van der Waals surface area contributed by atoms with Gasteiger partial charge in [0.15, 0.2) is 0 Å². The van der Waals surface area contributed by atoms with E-state index in [2.05, 4.69) is 9.97 Å². The molecule has 7 heteroatoms. The lowest BCUT2D eigenvalue weighted by atomic mass is 10.2. The Morgan fingerprint density at radius 2 is 2.00 bits per heavy atom. The third kappa shape index (κ3) is 2.92. The number of rotatable bonds is 5. The van der Waals surface area contributed by atoms with Gasteiger partial charge < -0.3 is 19.1 Å². The van der Waals surface area contributed by atoms with Crippen molar-refractivity contribution in [3.05, 3.63) is 6.07 Å². The molecule has 2 rings (SSSR count). The third-order valence-corrected chi connectivity index (χ3v) is 3.15. The van der Waals surface area contributed by atoms with Crippen molar-refractivity contribution in [2.75, 3.05) is 32.3 Å². The Kier molecular flexibility index (Phi) is 4.60. The minimum absolute atomic E-state index is 0.240. The van der Waals surface area contributed by atoms with E-state index in [0.717, 1.165) is 12.8 Å². The van der Waals surface area contributed by atoms with Gasteiger partial charge in [-0.3, -0.25) is 0 Å². The Hall–Kier alpha value is -2.05. The minimum Gasteiger partial charge on any atom is -0.481 e. The van der Waals surface area contributed by atoms with E-state index in [1.54, 1.807) is 13.0 Å². The van der Waals surface area contributed by atoms with Gasteiger partial charge in [-0.15, -0.1) is 0 Å². The van der Waals surface area contributed by atoms with E-state index in [1.807, 2.05) is 4.90 Å². The SMILES string of the molecule is CCOC(=O)C1CCCN1c1nc(OC)cc(OC)n1. The van der Waals surface area contributed by atoms with Gasteiger partial charge in [-0.2, -0.15) is 9.97 Å². The summed E-state index contributed by atoms with van der Waals surface area (Å²) in [6.07, 6.45) is 1.63. The molecule has 0 bridgehead atoms. The summed E-state index contributed by atoms with van der Waals surface area (Å²) >= 11 is 0. The quantitative estimate of drug-likeness (QED) is 0.746. The summed E-state index contributed by atoms with van der Waals surface area (Å²) in [6, 6.07) is 1.26. The Morgan fingerprint density at radius 1 is 1.35 bits per heavy atom. The molecule has 20 heavy (non-hydrogen) atoms. The van der Waals surface area contributed by atoms with Crippen molar-refractivity contribution >= 4 is 11.9 Å². The van der Waals surface area contributed by atoms with Gasteiger partial charge in [-0.1, -0.05) is 0 Å². The summed E-state index contributed by atoms with van der Waals surface area (Å²) in [7, 11) is 3.05. The van der Waals surface area contributed by atoms with Crippen LogP contribution in [0.4, 0.5) is 5.95 Å². The molecular formula is C13H19N3O4. The number of carbonyl (C=O) groups excluding carboxylic acids is 1. The Morgan fingerprint density at radius 3 is 2.55 bits per heavy atom. The molecule has 7 nitrogen and oxygen atoms in total. The first-order valence-electron chi connectivity index (χ1n) is 6.60. The van der Waals surface area contributed by atoms with E-state index >= 15 is 0 Å². The van der Waals surface area contributed by atoms with Crippen LogP contribution in [0.1, 0.15) is 19.8 Å². The lowest BCUT2D eigenvalue weighted by Crippen LogP contribution is -2.38. The van der Waals surface area contributed by atoms with Crippen molar-refractivity contribution < 1.29 is 19.0 Å². The smallest absolute Gasteiger partial charge is 0.328 e. The van der Waals surface area contributed by atoms with Crippen LogP contribution in [-0.4, -0.2) is 49.4 Å². The van der Waals surface area contributed by atoms with Crippen molar-refractivity contribution in [2.45, 2.75) is 25.8 Å². The zero-order valence-electron chi connectivity index (χ0n) is 12.0. The zero-order valence-corrected chi connectivity index (χ0v) is 12.0. The first-order valence-corrected chi connectivity index (χ1v) is 6.60. The molecule has 2 heterocycles. The van der Waals surface area contributed by atoms with E-state index in [-0.39, 0.29) is 12.0 Å². The molecule has 0 spiro atoms. The molecule has 0 aliphatic carbocycles. The number of methoxy groups -OCH3 is 2. The number of anilines is 1. The number of hydrogen-bond acceptors (Lipinski definition) is 7. The summed E-state index contributed by atoms with van der Waals surface area (Å²) < 4.78 is 15.3. The summed E-state index contributed by atoms with van der Waals surface area (Å²) in [5.74, 6) is 0.995. The predicted octanol–water partition coefficient (Wildman–Crippen LogP) is 1.03. The van der Waals surface area contributed by atoms with Crippen molar-refractivity contribution in [1.82, 2.24) is 9.97 Å². The van der Waals surface area contributed by atoms with Gasteiger partial charge in [0, 0.05) is 6.54 Å². The van der Waals surface area contributed by atoms with Crippen LogP contribution in [0.3, 0.4) is 0 Å². The second-order valence-corrected chi connectivity index (χ2v) is 4.36. The molecule has 0 aromatic carbocycles. The van der Waals surface area contributed by atoms with Crippen LogP contribution in [0.15, 0.2) is 6.07 Å². The van der Waals surface area contributed by atoms with Crippen LogP contribution >= 0.6 is 0 Å². The summed E-state index contributed by atoms with van der Waals surface area (Å²) in [6.45, 7) is 2.87. The molecule has 110 valence electrons. The van der Waals surface area contributed by atoms with E-state index in [9.17, 15) is 4.79 Å². The third-order valence-electron chi connectivity index (χ3n) is 3.15. The van der Waals surface area contributed by atoms with Crippen LogP contribution in [0.2, 0.25) is 0 Å². The number of esters is 1. The van der Waals surface area contributed by atoms with Gasteiger partial charge in [-0.05, 0) is 19.8 Å². The van der Waals surface area contributed by atoms with Crippen molar-refractivity contribution in [2.24, 2.45) is 0 Å². The fraction of sp³-hybridized carbons (Fsp3) is 0.615. The van der Waals surface area contributed by atoms with Gasteiger partial charge in [0.2, 0.25) is 17.7 Å². The fourth-order valence-electron chi connectivity index (χ4n) is 2.22. The van der Waals surface area contributed by atoms with E-state index in [0.29, 0.717) is 30.9 Å². The molecule has 0 saturated carbocycles. The van der Waals surface area contributed by atoms with Crippen LogP contribution < -0.4 is 14.4 Å². The maximum absolute atomic E-state index is 12.0. The Balaban J connectivity index is 2.27. The molecule has 1 fully saturated rings. The Labute approximate surface area is 117 Å². The number of ether oxygens (including phenoxy) is 3. The molecule has 0 N–H and O–H groups in total. The van der Waals surface area contributed by atoms with E-state index < -0.39 is 0 Å². The first-order chi connectivity index (χ1) is 9.69. The van der Waals surface area contributed by atoms with Crippen LogP contribution in [0.5, 0.6) is 11.8 Å². The van der Waals surface area contributed by atoms with Gasteiger partial charge in [0.05, 0.1) is 26.9 Å². The lowest BCUT2D eigenvalue weighted by molar-refractivity contribution is -0.144. The number of hydrogen-bond donors (Lipinski definition) is 0. The number of carbonyl (C=O) groups is 1. The molecule has 1 saturated heterocycles. The van der Waals surface area contributed by atoms with Crippen molar-refractivity contribution in [1.29, 1.82) is 0 Å². The second kappa shape index (κ2) is 6.40. The topological polar surface area (TPSA) is 73.8 Å². The maximum atomic E-state index is 12.0. The monoisotopic (exact) mass is 281 g/mol. The predicted molar refractivity (Wildman–Crippen MR) is 72.1 cm³/mol. The molecule has 1 aromatic rings. The molecule has 1 aliphatic rings. The second-order valence-electron chi connectivity index (χ2n) is 4.36. The lowest BCUT2D eigenvalue weighted by Gasteiger charge is -2.23. The van der Waals surface area contributed by atoms with Gasteiger partial charge >= 0.3 is 5.97 Å². The molecule has 1 aromatic heterocycles. The van der Waals surface area contributed by atoms with Crippen LogP contribution in [-0.2, 0) is 9.53 Å². The average molecular weight is 281 g/mol. The molecular weight excluding hydrogens is 262 g/mol. The average Bonchev–Trinajstić information content (AvgIpc) is 2.96. The Bertz CT molecular complexity index is 458. The number of aromatic nitrogens is 2. The normalized spacial score (nSPS) is 17.9. The zero-order chi connectivity index (χ0) is 14.5. The van der Waals surface area contributed by atoms with Gasteiger partial charge in [0.1, 0.15) is 6.04 Å². The molecule has 1 unspecified atom stereocenters. The summed E-state index contributed by atoms with van der Waals surface area (Å²) in [4.78, 5) is 22.4. The van der Waals surface area contributed by atoms with Crippen molar-refractivity contribution in [3.8, 4) is 11.8 Å². The standard InChI is InChI=1S/C13H19N3O4/c1-4-20-12(17)9-6-5-7-16(9)13-14-10(18-2)8-11(15-13)19-3/h8-9H,4-7H2,1-3H3. The van der Waals surface area contributed by atoms with Crippen LogP contribution in [0, 0.1) is 0 Å². The highest BCUT2D eigenvalue weighted by molar-refractivity contribution is 5.80. The maximum Gasteiger partial charge on any atom is 0.328 e. The molecule has 0 radical (unpaired) electrons. The number of nitrogens with zero attached hydrogens (tertiary/aromatic N) is 3. The van der Waals surface area contributed by atoms with E-state index in [4.69, 9.17) is 14.2 Å². The molecule has 1 atom stereocenters.